The first kappa shape index (κ1) is 22.4. The Labute approximate surface area is 197 Å². The Hall–Kier alpha value is -3.77. The molecule has 0 spiro atoms. The second-order valence-electron chi connectivity index (χ2n) is 7.69. The highest BCUT2D eigenvalue weighted by molar-refractivity contribution is 6.46. The van der Waals surface area contributed by atoms with E-state index >= 15 is 0 Å². The number of hydrogen-bond acceptors (Lipinski definition) is 5. The van der Waals surface area contributed by atoms with Gasteiger partial charge in [-0.1, -0.05) is 47.5 Å². The van der Waals surface area contributed by atoms with Crippen LogP contribution in [0.25, 0.3) is 5.57 Å². The Kier molecular flexibility index (Phi) is 6.11. The molecule has 4 rings (SSSR count). The maximum atomic E-state index is 13.6. The molecule has 0 aromatic heterocycles. The van der Waals surface area contributed by atoms with Gasteiger partial charge < -0.3 is 14.8 Å². The smallest absolute Gasteiger partial charge is 0.282 e. The molecule has 0 fully saturated rings. The number of ether oxygens (including phenoxy) is 2. The van der Waals surface area contributed by atoms with Crippen LogP contribution in [-0.2, 0) is 9.59 Å². The Morgan fingerprint density at radius 3 is 2.21 bits per heavy atom. The average Bonchev–Trinajstić information content (AvgIpc) is 3.06. The fourth-order valence-electron chi connectivity index (χ4n) is 3.63. The van der Waals surface area contributed by atoms with Crippen LogP contribution >= 0.6 is 11.6 Å². The molecule has 0 bridgehead atoms. The molecule has 0 saturated carbocycles. The molecule has 0 aliphatic carbocycles. The van der Waals surface area contributed by atoms with Crippen molar-refractivity contribution in [1.82, 2.24) is 0 Å². The van der Waals surface area contributed by atoms with E-state index in [4.69, 9.17) is 21.1 Å². The number of carbonyl (C=O) groups is 2. The lowest BCUT2D eigenvalue weighted by atomic mass is 10.0. The van der Waals surface area contributed by atoms with E-state index in [2.05, 4.69) is 5.32 Å². The summed E-state index contributed by atoms with van der Waals surface area (Å²) in [7, 11) is 3.08. The van der Waals surface area contributed by atoms with Gasteiger partial charge in [0.05, 0.1) is 31.2 Å². The van der Waals surface area contributed by atoms with Gasteiger partial charge >= 0.3 is 0 Å². The molecule has 3 aromatic carbocycles. The zero-order valence-corrected chi connectivity index (χ0v) is 19.5. The highest BCUT2D eigenvalue weighted by atomic mass is 35.5. The summed E-state index contributed by atoms with van der Waals surface area (Å²) in [5.41, 5.74) is 3.90. The summed E-state index contributed by atoms with van der Waals surface area (Å²) in [6.45, 7) is 3.82. The van der Waals surface area contributed by atoms with Crippen LogP contribution < -0.4 is 19.7 Å². The van der Waals surface area contributed by atoms with E-state index in [-0.39, 0.29) is 11.3 Å². The van der Waals surface area contributed by atoms with Gasteiger partial charge in [-0.15, -0.1) is 0 Å². The summed E-state index contributed by atoms with van der Waals surface area (Å²) in [5.74, 6) is 0.171. The van der Waals surface area contributed by atoms with Crippen LogP contribution in [0, 0.1) is 13.8 Å². The third-order valence-electron chi connectivity index (χ3n) is 5.51. The molecular formula is C26H23ClN2O4. The van der Waals surface area contributed by atoms with Gasteiger partial charge in [0.2, 0.25) is 0 Å². The summed E-state index contributed by atoms with van der Waals surface area (Å²) in [4.78, 5) is 28.3. The zero-order chi connectivity index (χ0) is 23.7. The largest absolute Gasteiger partial charge is 0.497 e. The molecule has 1 N–H and O–H groups in total. The van der Waals surface area contributed by atoms with Gasteiger partial charge in [0.25, 0.3) is 11.8 Å². The topological polar surface area (TPSA) is 67.9 Å². The number of nitrogens with one attached hydrogen (secondary N) is 1. The molecule has 1 aliphatic rings. The first-order valence-electron chi connectivity index (χ1n) is 10.3. The standard InChI is InChI=1S/C26H23ClN2O4/c1-15-5-8-17(9-6-15)23-24(28-21-12-11-19(32-3)14-22(21)33-4)26(31)29(25(23)30)18-10-7-16(2)20(27)13-18/h5-14,28H,1-4H3. The number of aryl methyl sites for hydroxylation is 2. The minimum atomic E-state index is -0.478. The number of methoxy groups -OCH3 is 2. The van der Waals surface area contributed by atoms with E-state index in [9.17, 15) is 9.59 Å². The minimum Gasteiger partial charge on any atom is -0.497 e. The lowest BCUT2D eigenvalue weighted by Crippen LogP contribution is -2.32. The van der Waals surface area contributed by atoms with E-state index in [0.29, 0.717) is 33.5 Å². The molecule has 7 heteroatoms. The maximum absolute atomic E-state index is 13.6. The zero-order valence-electron chi connectivity index (χ0n) is 18.7. The quantitative estimate of drug-likeness (QED) is 0.499. The van der Waals surface area contributed by atoms with Crippen LogP contribution in [0.15, 0.2) is 66.4 Å². The fourth-order valence-corrected chi connectivity index (χ4v) is 3.80. The molecule has 2 amide bonds. The molecule has 1 aliphatic heterocycles. The van der Waals surface area contributed by atoms with Crippen LogP contribution in [0.1, 0.15) is 16.7 Å². The van der Waals surface area contributed by atoms with Crippen molar-refractivity contribution >= 4 is 40.4 Å². The van der Waals surface area contributed by atoms with Crippen molar-refractivity contribution in [3.63, 3.8) is 0 Å². The molecule has 0 unspecified atom stereocenters. The summed E-state index contributed by atoms with van der Waals surface area (Å²) in [6.07, 6.45) is 0. The van der Waals surface area contributed by atoms with Crippen molar-refractivity contribution < 1.29 is 19.1 Å². The third kappa shape index (κ3) is 4.17. The Morgan fingerprint density at radius 1 is 0.848 bits per heavy atom. The Balaban J connectivity index is 1.84. The fraction of sp³-hybridized carbons (Fsp3) is 0.154. The second-order valence-corrected chi connectivity index (χ2v) is 8.09. The lowest BCUT2D eigenvalue weighted by Gasteiger charge is -2.17. The van der Waals surface area contributed by atoms with Crippen molar-refractivity contribution in [1.29, 1.82) is 0 Å². The first-order valence-corrected chi connectivity index (χ1v) is 10.7. The van der Waals surface area contributed by atoms with Crippen LogP contribution in [0.4, 0.5) is 11.4 Å². The highest BCUT2D eigenvalue weighted by Gasteiger charge is 2.40. The highest BCUT2D eigenvalue weighted by Crippen LogP contribution is 2.37. The summed E-state index contributed by atoms with van der Waals surface area (Å²) in [6, 6.07) is 17.7. The van der Waals surface area contributed by atoms with Crippen molar-refractivity contribution in [3.05, 3.63) is 88.1 Å². The first-order chi connectivity index (χ1) is 15.8. The monoisotopic (exact) mass is 462 g/mol. The SMILES string of the molecule is COc1ccc(NC2=C(c3ccc(C)cc3)C(=O)N(c3ccc(C)c(Cl)c3)C2=O)c(OC)c1. The normalized spacial score (nSPS) is 13.5. The number of carbonyl (C=O) groups excluding carboxylic acids is 2. The predicted molar refractivity (Wildman–Crippen MR) is 130 cm³/mol. The number of anilines is 2. The molecule has 33 heavy (non-hydrogen) atoms. The minimum absolute atomic E-state index is 0.156. The van der Waals surface area contributed by atoms with E-state index in [1.54, 1.807) is 43.5 Å². The Bertz CT molecular complexity index is 1280. The predicted octanol–water partition coefficient (Wildman–Crippen LogP) is 5.37. The number of rotatable bonds is 6. The molecule has 3 aromatic rings. The number of imide groups is 1. The summed E-state index contributed by atoms with van der Waals surface area (Å²) >= 11 is 6.29. The molecule has 168 valence electrons. The average molecular weight is 463 g/mol. The number of halogens is 1. The number of amides is 2. The van der Waals surface area contributed by atoms with Crippen molar-refractivity contribution in [2.75, 3.05) is 24.4 Å². The van der Waals surface area contributed by atoms with Gasteiger partial charge in [-0.25, -0.2) is 4.90 Å². The lowest BCUT2D eigenvalue weighted by molar-refractivity contribution is -0.120. The number of nitrogens with zero attached hydrogens (tertiary/aromatic N) is 1. The maximum Gasteiger partial charge on any atom is 0.282 e. The molecular weight excluding hydrogens is 440 g/mol. The number of benzene rings is 3. The van der Waals surface area contributed by atoms with Gasteiger partial charge in [-0.05, 0) is 49.2 Å². The van der Waals surface area contributed by atoms with E-state index in [0.717, 1.165) is 16.0 Å². The van der Waals surface area contributed by atoms with Gasteiger partial charge in [-0.3, -0.25) is 9.59 Å². The van der Waals surface area contributed by atoms with E-state index < -0.39 is 11.8 Å². The van der Waals surface area contributed by atoms with Gasteiger partial charge in [0, 0.05) is 11.1 Å². The molecule has 6 nitrogen and oxygen atoms in total. The van der Waals surface area contributed by atoms with Crippen LogP contribution in [0.3, 0.4) is 0 Å². The van der Waals surface area contributed by atoms with E-state index in [1.165, 1.54) is 7.11 Å². The second kappa shape index (κ2) is 9.00. The molecule has 1 heterocycles. The van der Waals surface area contributed by atoms with E-state index in [1.807, 2.05) is 38.1 Å². The number of hydrogen-bond donors (Lipinski definition) is 1. The van der Waals surface area contributed by atoms with Crippen LogP contribution in [-0.4, -0.2) is 26.0 Å². The van der Waals surface area contributed by atoms with Crippen molar-refractivity contribution in [2.24, 2.45) is 0 Å². The van der Waals surface area contributed by atoms with Gasteiger partial charge in [-0.2, -0.15) is 0 Å². The van der Waals surface area contributed by atoms with Crippen molar-refractivity contribution in [2.45, 2.75) is 13.8 Å². The summed E-state index contributed by atoms with van der Waals surface area (Å²) in [5, 5.41) is 3.61. The molecule has 0 atom stereocenters. The Morgan fingerprint density at radius 2 is 1.58 bits per heavy atom. The summed E-state index contributed by atoms with van der Waals surface area (Å²) < 4.78 is 10.7. The molecule has 0 radical (unpaired) electrons. The van der Waals surface area contributed by atoms with Gasteiger partial charge in [0.1, 0.15) is 17.2 Å². The van der Waals surface area contributed by atoms with Crippen molar-refractivity contribution in [3.8, 4) is 11.5 Å². The molecule has 0 saturated heterocycles. The van der Waals surface area contributed by atoms with Crippen LogP contribution in [0.5, 0.6) is 11.5 Å². The van der Waals surface area contributed by atoms with Crippen LogP contribution in [0.2, 0.25) is 5.02 Å². The third-order valence-corrected chi connectivity index (χ3v) is 5.91. The van der Waals surface area contributed by atoms with Gasteiger partial charge in [0.15, 0.2) is 0 Å².